The summed E-state index contributed by atoms with van der Waals surface area (Å²) < 4.78 is 7.49. The van der Waals surface area contributed by atoms with Gasteiger partial charge in [-0.05, 0) is 46.1 Å². The number of aryl methyl sites for hydroxylation is 1. The lowest BCUT2D eigenvalue weighted by Crippen LogP contribution is -2.42. The predicted molar refractivity (Wildman–Crippen MR) is 90.1 cm³/mol. The van der Waals surface area contributed by atoms with Crippen molar-refractivity contribution in [2.24, 2.45) is 13.0 Å². The Hall–Kier alpha value is -1.56. The third-order valence-corrected chi connectivity index (χ3v) is 4.13. The van der Waals surface area contributed by atoms with E-state index >= 15 is 0 Å². The van der Waals surface area contributed by atoms with Crippen LogP contribution in [-0.4, -0.2) is 57.7 Å². The third kappa shape index (κ3) is 5.53. The van der Waals surface area contributed by atoms with E-state index in [2.05, 4.69) is 14.5 Å². The third-order valence-electron chi connectivity index (χ3n) is 4.13. The zero-order valence-corrected chi connectivity index (χ0v) is 15.1. The molecule has 1 atom stereocenters. The van der Waals surface area contributed by atoms with E-state index in [1.54, 1.807) is 4.90 Å². The van der Waals surface area contributed by atoms with Crippen LogP contribution in [0.1, 0.15) is 39.4 Å². The number of rotatable bonds is 4. The van der Waals surface area contributed by atoms with Gasteiger partial charge in [0.1, 0.15) is 11.4 Å². The number of carbonyl (C=O) groups excluding carboxylic acids is 1. The number of amides is 1. The SMILES string of the molecule is CN(CC1CCCN(Cc2nccn2C)C1)C(=O)OC(C)(C)C. The second-order valence-electron chi connectivity index (χ2n) is 7.56. The summed E-state index contributed by atoms with van der Waals surface area (Å²) in [5, 5.41) is 0. The molecule has 2 rings (SSSR count). The van der Waals surface area contributed by atoms with E-state index in [0.29, 0.717) is 5.92 Å². The standard InChI is InChI=1S/C17H30N4O2/c1-17(2,3)23-16(22)20(5)11-14-7-6-9-21(12-14)13-15-18-8-10-19(15)4/h8,10,14H,6-7,9,11-13H2,1-5H3. The molecule has 1 unspecified atom stereocenters. The summed E-state index contributed by atoms with van der Waals surface area (Å²) >= 11 is 0. The van der Waals surface area contributed by atoms with Gasteiger partial charge in [0.15, 0.2) is 0 Å². The zero-order valence-electron chi connectivity index (χ0n) is 15.1. The van der Waals surface area contributed by atoms with Gasteiger partial charge in [0.2, 0.25) is 0 Å². The minimum absolute atomic E-state index is 0.237. The summed E-state index contributed by atoms with van der Waals surface area (Å²) in [6, 6.07) is 0. The number of aromatic nitrogens is 2. The Bertz CT molecular complexity index is 521. The fourth-order valence-electron chi connectivity index (χ4n) is 2.99. The molecular formula is C17H30N4O2. The Morgan fingerprint density at radius 2 is 2.22 bits per heavy atom. The molecule has 1 aliphatic rings. The fourth-order valence-corrected chi connectivity index (χ4v) is 2.99. The molecule has 1 amide bonds. The molecule has 0 N–H and O–H groups in total. The molecule has 1 fully saturated rings. The molecule has 1 aliphatic heterocycles. The van der Waals surface area contributed by atoms with Gasteiger partial charge in [-0.15, -0.1) is 0 Å². The average molecular weight is 322 g/mol. The molecule has 6 nitrogen and oxygen atoms in total. The lowest BCUT2D eigenvalue weighted by molar-refractivity contribution is 0.0240. The summed E-state index contributed by atoms with van der Waals surface area (Å²) in [7, 11) is 3.85. The molecule has 0 radical (unpaired) electrons. The van der Waals surface area contributed by atoms with Crippen molar-refractivity contribution in [3.8, 4) is 0 Å². The van der Waals surface area contributed by atoms with Crippen LogP contribution >= 0.6 is 0 Å². The Morgan fingerprint density at radius 1 is 1.48 bits per heavy atom. The van der Waals surface area contributed by atoms with Crippen molar-refractivity contribution in [3.63, 3.8) is 0 Å². The molecule has 0 saturated carbocycles. The number of likely N-dealkylation sites (tertiary alicyclic amines) is 1. The topological polar surface area (TPSA) is 50.6 Å². The van der Waals surface area contributed by atoms with Crippen molar-refractivity contribution in [2.75, 3.05) is 26.7 Å². The van der Waals surface area contributed by atoms with Crippen molar-refractivity contribution in [3.05, 3.63) is 18.2 Å². The number of carbonyl (C=O) groups is 1. The van der Waals surface area contributed by atoms with Crippen molar-refractivity contribution >= 4 is 6.09 Å². The summed E-state index contributed by atoms with van der Waals surface area (Å²) in [5.41, 5.74) is -0.442. The molecule has 0 bridgehead atoms. The maximum absolute atomic E-state index is 12.1. The quantitative estimate of drug-likeness (QED) is 0.854. The van der Waals surface area contributed by atoms with Crippen LogP contribution in [0.2, 0.25) is 0 Å². The number of ether oxygens (including phenoxy) is 1. The lowest BCUT2D eigenvalue weighted by atomic mass is 9.97. The van der Waals surface area contributed by atoms with Crippen molar-refractivity contribution in [1.29, 1.82) is 0 Å². The molecule has 1 aromatic heterocycles. The number of hydrogen-bond donors (Lipinski definition) is 0. The Balaban J connectivity index is 1.84. The molecule has 0 aliphatic carbocycles. The highest BCUT2D eigenvalue weighted by Crippen LogP contribution is 2.20. The van der Waals surface area contributed by atoms with Gasteiger partial charge >= 0.3 is 6.09 Å². The molecule has 6 heteroatoms. The molecule has 2 heterocycles. The highest BCUT2D eigenvalue weighted by atomic mass is 16.6. The summed E-state index contributed by atoms with van der Waals surface area (Å²) in [4.78, 5) is 20.6. The highest BCUT2D eigenvalue weighted by molar-refractivity contribution is 5.67. The van der Waals surface area contributed by atoms with E-state index < -0.39 is 5.60 Å². The van der Waals surface area contributed by atoms with Crippen molar-refractivity contribution in [1.82, 2.24) is 19.4 Å². The van der Waals surface area contributed by atoms with Gasteiger partial charge in [-0.2, -0.15) is 0 Å². The van der Waals surface area contributed by atoms with Gasteiger partial charge in [0.25, 0.3) is 0 Å². The van der Waals surface area contributed by atoms with Gasteiger partial charge in [0, 0.05) is 39.6 Å². The molecule has 0 spiro atoms. The largest absolute Gasteiger partial charge is 0.444 e. The molecular weight excluding hydrogens is 292 g/mol. The molecule has 130 valence electrons. The van der Waals surface area contributed by atoms with Crippen LogP contribution in [0, 0.1) is 5.92 Å². The van der Waals surface area contributed by atoms with Gasteiger partial charge in [0.05, 0.1) is 6.54 Å². The van der Waals surface area contributed by atoms with E-state index in [-0.39, 0.29) is 6.09 Å². The van der Waals surface area contributed by atoms with E-state index in [4.69, 9.17) is 4.74 Å². The lowest BCUT2D eigenvalue weighted by Gasteiger charge is -2.34. The maximum atomic E-state index is 12.1. The first kappa shape index (κ1) is 17.8. The predicted octanol–water partition coefficient (Wildman–Crippen LogP) is 2.50. The van der Waals surface area contributed by atoms with E-state index in [9.17, 15) is 4.79 Å². The monoisotopic (exact) mass is 322 g/mol. The minimum atomic E-state index is -0.442. The van der Waals surface area contributed by atoms with Crippen LogP contribution in [0.5, 0.6) is 0 Å². The number of hydrogen-bond acceptors (Lipinski definition) is 4. The second kappa shape index (κ2) is 7.34. The molecule has 1 aromatic rings. The number of nitrogens with zero attached hydrogens (tertiary/aromatic N) is 4. The molecule has 0 aromatic carbocycles. The van der Waals surface area contributed by atoms with E-state index in [1.165, 1.54) is 0 Å². The number of imidazole rings is 1. The van der Waals surface area contributed by atoms with Crippen LogP contribution in [0.4, 0.5) is 4.79 Å². The normalized spacial score (nSPS) is 19.6. The zero-order chi connectivity index (χ0) is 17.0. The maximum Gasteiger partial charge on any atom is 0.410 e. The van der Waals surface area contributed by atoms with E-state index in [1.807, 2.05) is 47.3 Å². The second-order valence-corrected chi connectivity index (χ2v) is 7.56. The summed E-state index contributed by atoms with van der Waals surface area (Å²) in [6.45, 7) is 9.40. The summed E-state index contributed by atoms with van der Waals surface area (Å²) in [5.74, 6) is 1.58. The van der Waals surface area contributed by atoms with Crippen molar-refractivity contribution in [2.45, 2.75) is 45.8 Å². The van der Waals surface area contributed by atoms with Gasteiger partial charge in [-0.1, -0.05) is 0 Å². The smallest absolute Gasteiger partial charge is 0.410 e. The molecule has 1 saturated heterocycles. The number of piperidine rings is 1. The van der Waals surface area contributed by atoms with E-state index in [0.717, 1.165) is 44.8 Å². The first-order valence-electron chi connectivity index (χ1n) is 8.37. The van der Waals surface area contributed by atoms with Crippen LogP contribution in [0.25, 0.3) is 0 Å². The first-order valence-corrected chi connectivity index (χ1v) is 8.37. The van der Waals surface area contributed by atoms with Gasteiger partial charge < -0.3 is 14.2 Å². The summed E-state index contributed by atoms with van der Waals surface area (Å²) in [6.07, 6.45) is 5.90. The fraction of sp³-hybridized carbons (Fsp3) is 0.765. The van der Waals surface area contributed by atoms with Crippen molar-refractivity contribution < 1.29 is 9.53 Å². The minimum Gasteiger partial charge on any atom is -0.444 e. The Labute approximate surface area is 139 Å². The average Bonchev–Trinajstić information content (AvgIpc) is 2.83. The Morgan fingerprint density at radius 3 is 2.83 bits per heavy atom. The van der Waals surface area contributed by atoms with Gasteiger partial charge in [-0.3, -0.25) is 4.90 Å². The first-order chi connectivity index (χ1) is 10.7. The molecule has 23 heavy (non-hydrogen) atoms. The van der Waals surface area contributed by atoms with Crippen LogP contribution in [-0.2, 0) is 18.3 Å². The van der Waals surface area contributed by atoms with Gasteiger partial charge in [-0.25, -0.2) is 9.78 Å². The highest BCUT2D eigenvalue weighted by Gasteiger charge is 2.25. The van der Waals surface area contributed by atoms with Crippen LogP contribution in [0.15, 0.2) is 12.4 Å². The Kier molecular flexibility index (Phi) is 5.68. The van der Waals surface area contributed by atoms with Crippen LogP contribution in [0.3, 0.4) is 0 Å². The van der Waals surface area contributed by atoms with Crippen LogP contribution < -0.4 is 0 Å².